The Balaban J connectivity index is 2.30. The van der Waals surface area contributed by atoms with Gasteiger partial charge in [-0.2, -0.15) is 4.98 Å². The third-order valence-corrected chi connectivity index (χ3v) is 3.00. The highest BCUT2D eigenvalue weighted by atomic mass is 35.5. The van der Waals surface area contributed by atoms with Gasteiger partial charge in [-0.15, -0.1) is 0 Å². The number of rotatable bonds is 3. The zero-order valence-electron chi connectivity index (χ0n) is 8.73. The molecule has 1 saturated carbocycles. The minimum Gasteiger partial charge on any atom is -0.359 e. The lowest BCUT2D eigenvalue weighted by molar-refractivity contribution is -0.384. The SMILES string of the molecule is CC1(Nc2nc(Cl)ncc2[N+](=O)[O-])CCC1. The van der Waals surface area contributed by atoms with Gasteiger partial charge in [0.15, 0.2) is 0 Å². The molecule has 1 aromatic heterocycles. The van der Waals surface area contributed by atoms with E-state index in [0.29, 0.717) is 0 Å². The summed E-state index contributed by atoms with van der Waals surface area (Å²) < 4.78 is 0. The Morgan fingerprint density at radius 1 is 1.62 bits per heavy atom. The maximum absolute atomic E-state index is 10.8. The molecule has 0 amide bonds. The minimum absolute atomic E-state index is 0.0102. The number of aromatic nitrogens is 2. The van der Waals surface area contributed by atoms with Crippen LogP contribution in [0.15, 0.2) is 6.20 Å². The standard InChI is InChI=1S/C9H11ClN4O2/c1-9(3-2-4-9)13-7-6(14(15)16)5-11-8(10)12-7/h5H,2-4H2,1H3,(H,11,12,13). The van der Waals surface area contributed by atoms with E-state index in [2.05, 4.69) is 15.3 Å². The fraction of sp³-hybridized carbons (Fsp3) is 0.556. The highest BCUT2D eigenvalue weighted by molar-refractivity contribution is 6.28. The molecule has 6 nitrogen and oxygen atoms in total. The molecule has 16 heavy (non-hydrogen) atoms. The summed E-state index contributed by atoms with van der Waals surface area (Å²) in [7, 11) is 0. The van der Waals surface area contributed by atoms with Crippen LogP contribution in [0.4, 0.5) is 11.5 Å². The molecule has 1 fully saturated rings. The van der Waals surface area contributed by atoms with E-state index in [4.69, 9.17) is 11.6 Å². The summed E-state index contributed by atoms with van der Waals surface area (Å²) in [5.41, 5.74) is -0.250. The van der Waals surface area contributed by atoms with Crippen LogP contribution in [0.3, 0.4) is 0 Å². The topological polar surface area (TPSA) is 81.0 Å². The molecule has 0 spiro atoms. The lowest BCUT2D eigenvalue weighted by Crippen LogP contribution is -2.42. The van der Waals surface area contributed by atoms with E-state index in [1.807, 2.05) is 6.92 Å². The van der Waals surface area contributed by atoms with Gasteiger partial charge in [0.1, 0.15) is 6.20 Å². The molecule has 1 aliphatic carbocycles. The Kier molecular flexibility index (Phi) is 2.67. The van der Waals surface area contributed by atoms with Gasteiger partial charge in [0.25, 0.3) is 0 Å². The van der Waals surface area contributed by atoms with E-state index in [1.54, 1.807) is 0 Å². The van der Waals surface area contributed by atoms with Crippen LogP contribution in [-0.4, -0.2) is 20.4 Å². The van der Waals surface area contributed by atoms with E-state index in [-0.39, 0.29) is 22.3 Å². The van der Waals surface area contributed by atoms with Crippen molar-refractivity contribution < 1.29 is 4.92 Å². The maximum Gasteiger partial charge on any atom is 0.329 e. The summed E-state index contributed by atoms with van der Waals surface area (Å²) in [4.78, 5) is 17.7. The van der Waals surface area contributed by atoms with Crippen LogP contribution in [0.5, 0.6) is 0 Å². The Labute approximate surface area is 97.2 Å². The molecule has 1 heterocycles. The number of halogens is 1. The van der Waals surface area contributed by atoms with Crippen molar-refractivity contribution in [3.05, 3.63) is 21.6 Å². The van der Waals surface area contributed by atoms with Gasteiger partial charge >= 0.3 is 5.69 Å². The molecule has 0 atom stereocenters. The van der Waals surface area contributed by atoms with Crippen LogP contribution >= 0.6 is 11.6 Å². The first-order chi connectivity index (χ1) is 7.50. The molecule has 0 radical (unpaired) electrons. The van der Waals surface area contributed by atoms with Crippen LogP contribution in [0.1, 0.15) is 26.2 Å². The van der Waals surface area contributed by atoms with E-state index >= 15 is 0 Å². The normalized spacial score (nSPS) is 17.6. The van der Waals surface area contributed by atoms with Gasteiger partial charge < -0.3 is 5.32 Å². The average Bonchev–Trinajstić information content (AvgIpc) is 2.15. The Morgan fingerprint density at radius 2 is 2.31 bits per heavy atom. The maximum atomic E-state index is 10.8. The van der Waals surface area contributed by atoms with Gasteiger partial charge in [0.2, 0.25) is 11.1 Å². The summed E-state index contributed by atoms with van der Waals surface area (Å²) in [6.45, 7) is 2.01. The lowest BCUT2D eigenvalue weighted by atomic mass is 9.78. The van der Waals surface area contributed by atoms with Crippen LogP contribution < -0.4 is 5.32 Å². The predicted molar refractivity (Wildman–Crippen MR) is 59.6 cm³/mol. The Morgan fingerprint density at radius 3 is 2.81 bits per heavy atom. The Bertz CT molecular complexity index is 434. The second-order valence-electron chi connectivity index (χ2n) is 4.17. The number of nitro groups is 1. The van der Waals surface area contributed by atoms with Gasteiger partial charge in [0, 0.05) is 5.54 Å². The largest absolute Gasteiger partial charge is 0.359 e. The molecule has 1 aromatic rings. The molecule has 0 bridgehead atoms. The van der Waals surface area contributed by atoms with E-state index in [0.717, 1.165) is 25.5 Å². The number of hydrogen-bond donors (Lipinski definition) is 1. The van der Waals surface area contributed by atoms with Crippen molar-refractivity contribution in [1.82, 2.24) is 9.97 Å². The predicted octanol–water partition coefficient (Wildman–Crippen LogP) is 2.39. The van der Waals surface area contributed by atoms with Crippen molar-refractivity contribution in [3.63, 3.8) is 0 Å². The first kappa shape index (κ1) is 11.1. The van der Waals surface area contributed by atoms with Gasteiger partial charge in [-0.1, -0.05) is 0 Å². The first-order valence-electron chi connectivity index (χ1n) is 4.95. The fourth-order valence-corrected chi connectivity index (χ4v) is 1.83. The van der Waals surface area contributed by atoms with E-state index in [9.17, 15) is 10.1 Å². The van der Waals surface area contributed by atoms with Gasteiger partial charge in [-0.3, -0.25) is 10.1 Å². The number of anilines is 1. The van der Waals surface area contributed by atoms with Crippen molar-refractivity contribution in [2.45, 2.75) is 31.7 Å². The van der Waals surface area contributed by atoms with Crippen molar-refractivity contribution in [2.75, 3.05) is 5.32 Å². The Hall–Kier alpha value is -1.43. The molecule has 1 aliphatic rings. The van der Waals surface area contributed by atoms with E-state index in [1.165, 1.54) is 0 Å². The highest BCUT2D eigenvalue weighted by Gasteiger charge is 2.34. The van der Waals surface area contributed by atoms with Crippen molar-refractivity contribution in [1.29, 1.82) is 0 Å². The summed E-state index contributed by atoms with van der Waals surface area (Å²) in [6, 6.07) is 0. The molecule has 0 unspecified atom stereocenters. The monoisotopic (exact) mass is 242 g/mol. The third-order valence-electron chi connectivity index (χ3n) is 2.81. The lowest BCUT2D eigenvalue weighted by Gasteiger charge is -2.39. The molecule has 0 saturated heterocycles. The number of nitrogens with zero attached hydrogens (tertiary/aromatic N) is 3. The molecule has 1 N–H and O–H groups in total. The summed E-state index contributed by atoms with van der Waals surface area (Å²) >= 11 is 5.63. The van der Waals surface area contributed by atoms with Gasteiger partial charge in [0.05, 0.1) is 4.92 Å². The summed E-state index contributed by atoms with van der Waals surface area (Å²) in [6.07, 6.45) is 4.20. The van der Waals surface area contributed by atoms with Crippen molar-refractivity contribution in [2.24, 2.45) is 0 Å². The molecular formula is C9H11ClN4O2. The summed E-state index contributed by atoms with van der Waals surface area (Å²) in [5.74, 6) is 0.201. The smallest absolute Gasteiger partial charge is 0.329 e. The zero-order valence-corrected chi connectivity index (χ0v) is 9.49. The van der Waals surface area contributed by atoms with Crippen LogP contribution in [0.2, 0.25) is 5.28 Å². The molecular weight excluding hydrogens is 232 g/mol. The third kappa shape index (κ3) is 2.06. The second-order valence-corrected chi connectivity index (χ2v) is 4.51. The van der Waals surface area contributed by atoms with Gasteiger partial charge in [-0.25, -0.2) is 4.98 Å². The number of hydrogen-bond acceptors (Lipinski definition) is 5. The van der Waals surface area contributed by atoms with Gasteiger partial charge in [-0.05, 0) is 37.8 Å². The average molecular weight is 243 g/mol. The molecule has 0 aromatic carbocycles. The van der Waals surface area contributed by atoms with Crippen LogP contribution in [-0.2, 0) is 0 Å². The molecule has 0 aliphatic heterocycles. The van der Waals surface area contributed by atoms with E-state index < -0.39 is 4.92 Å². The quantitative estimate of drug-likeness (QED) is 0.500. The fourth-order valence-electron chi connectivity index (χ4n) is 1.70. The van der Waals surface area contributed by atoms with Crippen LogP contribution in [0.25, 0.3) is 0 Å². The highest BCUT2D eigenvalue weighted by Crippen LogP contribution is 2.36. The van der Waals surface area contributed by atoms with Crippen LogP contribution in [0, 0.1) is 10.1 Å². The number of nitrogens with one attached hydrogen (secondary N) is 1. The zero-order chi connectivity index (χ0) is 11.8. The molecule has 7 heteroatoms. The van der Waals surface area contributed by atoms with Crippen molar-refractivity contribution in [3.8, 4) is 0 Å². The van der Waals surface area contributed by atoms with Crippen molar-refractivity contribution >= 4 is 23.1 Å². The second kappa shape index (κ2) is 3.86. The molecule has 2 rings (SSSR count). The molecule has 86 valence electrons. The summed E-state index contributed by atoms with van der Waals surface area (Å²) in [5, 5.41) is 13.8. The first-order valence-corrected chi connectivity index (χ1v) is 5.33. The minimum atomic E-state index is -0.513.